The van der Waals surface area contributed by atoms with E-state index < -0.39 is 11.8 Å². The summed E-state index contributed by atoms with van der Waals surface area (Å²) in [6, 6.07) is 5.63. The lowest BCUT2D eigenvalue weighted by molar-refractivity contribution is 0.0711. The van der Waals surface area contributed by atoms with Gasteiger partial charge >= 0.3 is 0 Å². The predicted octanol–water partition coefficient (Wildman–Crippen LogP) is 3.27. The number of hydrogen-bond donors (Lipinski definition) is 2. The van der Waals surface area contributed by atoms with Crippen LogP contribution in [0.15, 0.2) is 36.9 Å². The molecule has 4 heterocycles. The predicted molar refractivity (Wildman–Crippen MR) is 127 cm³/mol. The lowest BCUT2D eigenvalue weighted by atomic mass is 10.0. The van der Waals surface area contributed by atoms with Crippen molar-refractivity contribution in [2.45, 2.75) is 63.8 Å². The Balaban J connectivity index is 1.51. The molecular weight excluding hydrogens is 449 g/mol. The number of fused-ring (bicyclic) bond motifs is 1. The Bertz CT molecular complexity index is 1400. The zero-order chi connectivity index (χ0) is 24.6. The van der Waals surface area contributed by atoms with E-state index in [0.29, 0.717) is 48.4 Å². The topological polar surface area (TPSA) is 130 Å². The molecule has 0 bridgehead atoms. The molecule has 1 aliphatic carbocycles. The highest BCUT2D eigenvalue weighted by molar-refractivity contribution is 5.77. The minimum Gasteiger partial charge on any atom is -0.390 e. The van der Waals surface area contributed by atoms with Gasteiger partial charge in [0.1, 0.15) is 17.9 Å². The summed E-state index contributed by atoms with van der Waals surface area (Å²) in [6.07, 6.45) is 8.65. The van der Waals surface area contributed by atoms with Crippen molar-refractivity contribution < 1.29 is 9.50 Å². The SMILES string of the molecule is CC(C)(O)CCc1cn(-c2cnc(-n3ncc4cc(C#N)cnc43)cc2N[C@H]2CC[C@@H](F)C2)nn1. The first kappa shape index (κ1) is 22.9. The van der Waals surface area contributed by atoms with Crippen molar-refractivity contribution in [1.29, 1.82) is 5.26 Å². The van der Waals surface area contributed by atoms with Crippen LogP contribution >= 0.6 is 0 Å². The van der Waals surface area contributed by atoms with Crippen LogP contribution in [-0.2, 0) is 6.42 Å². The van der Waals surface area contributed by atoms with Gasteiger partial charge in [-0.05, 0) is 52.0 Å². The van der Waals surface area contributed by atoms with Crippen LogP contribution < -0.4 is 5.32 Å². The molecule has 5 rings (SSSR count). The van der Waals surface area contributed by atoms with Crippen LogP contribution in [0, 0.1) is 11.3 Å². The Labute approximate surface area is 201 Å². The van der Waals surface area contributed by atoms with Gasteiger partial charge in [0.25, 0.3) is 0 Å². The fourth-order valence-corrected chi connectivity index (χ4v) is 4.24. The minimum absolute atomic E-state index is 0.0112. The van der Waals surface area contributed by atoms with Gasteiger partial charge in [-0.25, -0.2) is 19.0 Å². The first-order chi connectivity index (χ1) is 16.8. The highest BCUT2D eigenvalue weighted by Gasteiger charge is 2.25. The lowest BCUT2D eigenvalue weighted by Crippen LogP contribution is -2.19. The van der Waals surface area contributed by atoms with E-state index in [-0.39, 0.29) is 6.04 Å². The van der Waals surface area contributed by atoms with Gasteiger partial charge in [0.2, 0.25) is 0 Å². The average Bonchev–Trinajstić information content (AvgIpc) is 3.56. The number of nitriles is 1. The molecule has 0 amide bonds. The molecule has 1 aliphatic rings. The summed E-state index contributed by atoms with van der Waals surface area (Å²) in [6.45, 7) is 3.52. The molecular formula is C24H26FN9O. The van der Waals surface area contributed by atoms with E-state index in [1.165, 1.54) is 6.20 Å². The Kier molecular flexibility index (Phi) is 5.90. The molecule has 180 valence electrons. The van der Waals surface area contributed by atoms with E-state index >= 15 is 0 Å². The largest absolute Gasteiger partial charge is 0.390 e. The van der Waals surface area contributed by atoms with Crippen molar-refractivity contribution in [3.05, 3.63) is 48.2 Å². The molecule has 4 aromatic rings. The summed E-state index contributed by atoms with van der Waals surface area (Å²) in [5.74, 6) is 0.528. The number of rotatable bonds is 7. The Morgan fingerprint density at radius 2 is 2.09 bits per heavy atom. The number of aliphatic hydroxyl groups is 1. The van der Waals surface area contributed by atoms with E-state index in [2.05, 4.69) is 36.8 Å². The molecule has 11 heteroatoms. The first-order valence-electron chi connectivity index (χ1n) is 11.6. The summed E-state index contributed by atoms with van der Waals surface area (Å²) in [7, 11) is 0. The maximum Gasteiger partial charge on any atom is 0.164 e. The molecule has 4 aromatic heterocycles. The van der Waals surface area contributed by atoms with Gasteiger partial charge in [0, 0.05) is 23.7 Å². The maximum atomic E-state index is 13.9. The zero-order valence-corrected chi connectivity index (χ0v) is 19.6. The number of nitrogens with one attached hydrogen (secondary N) is 1. The molecule has 1 fully saturated rings. The second-order valence-corrected chi connectivity index (χ2v) is 9.58. The quantitative estimate of drug-likeness (QED) is 0.416. The molecule has 0 saturated heterocycles. The van der Waals surface area contributed by atoms with Crippen LogP contribution in [0.5, 0.6) is 0 Å². The van der Waals surface area contributed by atoms with Gasteiger partial charge in [-0.3, -0.25) is 0 Å². The fraction of sp³-hybridized carbons (Fsp3) is 0.417. The van der Waals surface area contributed by atoms with Gasteiger partial charge < -0.3 is 10.4 Å². The molecule has 0 radical (unpaired) electrons. The van der Waals surface area contributed by atoms with E-state index in [1.54, 1.807) is 41.7 Å². The van der Waals surface area contributed by atoms with Crippen LogP contribution in [0.3, 0.4) is 0 Å². The third-order valence-electron chi connectivity index (χ3n) is 6.13. The third kappa shape index (κ3) is 4.97. The minimum atomic E-state index is -0.814. The Morgan fingerprint density at radius 1 is 1.23 bits per heavy atom. The van der Waals surface area contributed by atoms with E-state index in [9.17, 15) is 9.50 Å². The van der Waals surface area contributed by atoms with Crippen molar-refractivity contribution in [3.8, 4) is 17.6 Å². The van der Waals surface area contributed by atoms with Crippen LogP contribution in [0.25, 0.3) is 22.5 Å². The lowest BCUT2D eigenvalue weighted by Gasteiger charge is -2.18. The highest BCUT2D eigenvalue weighted by Crippen LogP contribution is 2.29. The number of alkyl halides is 1. The summed E-state index contributed by atoms with van der Waals surface area (Å²) in [5.41, 5.74) is 2.40. The molecule has 0 spiro atoms. The highest BCUT2D eigenvalue weighted by atomic mass is 19.1. The van der Waals surface area contributed by atoms with Crippen molar-refractivity contribution >= 4 is 16.7 Å². The second-order valence-electron chi connectivity index (χ2n) is 9.58. The molecule has 35 heavy (non-hydrogen) atoms. The maximum absolute atomic E-state index is 13.9. The monoisotopic (exact) mass is 475 g/mol. The van der Waals surface area contributed by atoms with Gasteiger partial charge in [-0.1, -0.05) is 5.21 Å². The van der Waals surface area contributed by atoms with Crippen molar-refractivity contribution in [1.82, 2.24) is 34.7 Å². The summed E-state index contributed by atoms with van der Waals surface area (Å²) in [4.78, 5) is 8.96. The molecule has 1 saturated carbocycles. The van der Waals surface area contributed by atoms with E-state index in [4.69, 9.17) is 5.26 Å². The van der Waals surface area contributed by atoms with Gasteiger partial charge in [0.05, 0.1) is 41.1 Å². The standard InChI is InChI=1S/C24H26FN9O/c1-24(2,35)6-5-19-14-33(32-31-19)21-13-27-22(9-20(21)30-18-4-3-17(25)8-18)34-23-16(12-29-34)7-15(10-26)11-28-23/h7,9,11-14,17-18,35H,3-6,8H2,1-2H3,(H,27,30)/t17-,18+/m1/s1. The molecule has 2 atom stereocenters. The van der Waals surface area contributed by atoms with Crippen LogP contribution in [-0.4, -0.2) is 57.7 Å². The Hall–Kier alpha value is -3.91. The zero-order valence-electron chi connectivity index (χ0n) is 19.6. The smallest absolute Gasteiger partial charge is 0.164 e. The summed E-state index contributed by atoms with van der Waals surface area (Å²) in [5, 5.41) is 36.3. The molecule has 10 nitrogen and oxygen atoms in total. The third-order valence-corrected chi connectivity index (χ3v) is 6.13. The van der Waals surface area contributed by atoms with Crippen molar-refractivity contribution in [3.63, 3.8) is 0 Å². The number of aromatic nitrogens is 7. The summed E-state index contributed by atoms with van der Waals surface area (Å²) >= 11 is 0. The Morgan fingerprint density at radius 3 is 2.83 bits per heavy atom. The molecule has 0 unspecified atom stereocenters. The van der Waals surface area contributed by atoms with Crippen molar-refractivity contribution in [2.24, 2.45) is 0 Å². The fourth-order valence-electron chi connectivity index (χ4n) is 4.24. The van der Waals surface area contributed by atoms with Gasteiger partial charge in [-0.2, -0.15) is 15.0 Å². The normalized spacial score (nSPS) is 18.1. The number of pyridine rings is 2. The number of nitrogens with zero attached hydrogens (tertiary/aromatic N) is 8. The molecule has 2 N–H and O–H groups in total. The van der Waals surface area contributed by atoms with Crippen LogP contribution in [0.4, 0.5) is 10.1 Å². The average molecular weight is 476 g/mol. The second kappa shape index (κ2) is 9.03. The van der Waals surface area contributed by atoms with E-state index in [1.807, 2.05) is 12.3 Å². The number of aryl methyl sites for hydroxylation is 1. The van der Waals surface area contributed by atoms with Crippen LogP contribution in [0.1, 0.15) is 50.8 Å². The summed E-state index contributed by atoms with van der Waals surface area (Å²) < 4.78 is 17.1. The molecule has 0 aliphatic heterocycles. The number of hydrogen-bond acceptors (Lipinski definition) is 8. The van der Waals surface area contributed by atoms with E-state index in [0.717, 1.165) is 23.2 Å². The molecule has 0 aromatic carbocycles. The van der Waals surface area contributed by atoms with Gasteiger partial charge in [0.15, 0.2) is 11.5 Å². The number of halogens is 1. The van der Waals surface area contributed by atoms with Crippen molar-refractivity contribution in [2.75, 3.05) is 5.32 Å². The first-order valence-corrected chi connectivity index (χ1v) is 11.6. The number of anilines is 1. The van der Waals surface area contributed by atoms with Gasteiger partial charge in [-0.15, -0.1) is 5.10 Å². The van der Waals surface area contributed by atoms with Crippen LogP contribution in [0.2, 0.25) is 0 Å².